The minimum absolute atomic E-state index is 0.150. The number of anilines is 1. The molecule has 116 valence electrons. The van der Waals surface area contributed by atoms with Crippen LogP contribution in [0.15, 0.2) is 51.3 Å². The topological polar surface area (TPSA) is 106 Å². The molecule has 1 aromatic carbocycles. The number of hydrogen-bond donors (Lipinski definition) is 2. The summed E-state index contributed by atoms with van der Waals surface area (Å²) in [5, 5.41) is 12.3. The first-order chi connectivity index (χ1) is 11.0. The number of nitrogens with two attached hydrogens (primary N) is 1. The molecule has 0 fully saturated rings. The normalized spacial score (nSPS) is 16.5. The zero-order valence-electron chi connectivity index (χ0n) is 12.7. The molecular weight excluding hydrogens is 294 g/mol. The Morgan fingerprint density at radius 3 is 2.43 bits per heavy atom. The van der Waals surface area contributed by atoms with Gasteiger partial charge in [-0.15, -0.1) is 0 Å². The first kappa shape index (κ1) is 14.7. The second-order valence-electron chi connectivity index (χ2n) is 5.38. The van der Waals surface area contributed by atoms with Crippen molar-refractivity contribution in [3.05, 3.63) is 73.7 Å². The number of aromatic nitrogens is 2. The van der Waals surface area contributed by atoms with Crippen molar-refractivity contribution in [1.82, 2.24) is 9.13 Å². The molecule has 7 nitrogen and oxygen atoms in total. The van der Waals surface area contributed by atoms with Crippen molar-refractivity contribution in [2.75, 3.05) is 5.32 Å². The summed E-state index contributed by atoms with van der Waals surface area (Å²) in [5.41, 5.74) is 6.44. The molecule has 0 unspecified atom stereocenters. The fourth-order valence-corrected chi connectivity index (χ4v) is 2.88. The molecule has 0 saturated heterocycles. The maximum atomic E-state index is 12.7. The molecule has 0 radical (unpaired) electrons. The van der Waals surface area contributed by atoms with E-state index in [1.165, 1.54) is 11.6 Å². The minimum Gasteiger partial charge on any atom is -0.384 e. The molecule has 3 rings (SSSR count). The molecule has 0 aliphatic carbocycles. The van der Waals surface area contributed by atoms with Crippen molar-refractivity contribution < 1.29 is 0 Å². The van der Waals surface area contributed by atoms with Crippen LogP contribution in [0.25, 0.3) is 0 Å². The third-order valence-electron chi connectivity index (χ3n) is 4.07. The number of benzene rings is 1. The Balaban J connectivity index is 2.43. The molecule has 0 spiro atoms. The van der Waals surface area contributed by atoms with E-state index in [2.05, 4.69) is 11.4 Å². The molecule has 0 amide bonds. The summed E-state index contributed by atoms with van der Waals surface area (Å²) in [4.78, 5) is 24.8. The zero-order valence-corrected chi connectivity index (χ0v) is 12.7. The maximum Gasteiger partial charge on any atom is 0.332 e. The molecule has 2 heterocycles. The van der Waals surface area contributed by atoms with E-state index in [0.29, 0.717) is 11.4 Å². The lowest BCUT2D eigenvalue weighted by molar-refractivity contribution is 0.664. The highest BCUT2D eigenvalue weighted by Gasteiger charge is 2.33. The van der Waals surface area contributed by atoms with Crippen LogP contribution < -0.4 is 22.3 Å². The Kier molecular flexibility index (Phi) is 3.30. The van der Waals surface area contributed by atoms with Gasteiger partial charge in [0.1, 0.15) is 11.6 Å². The largest absolute Gasteiger partial charge is 0.384 e. The van der Waals surface area contributed by atoms with Gasteiger partial charge in [-0.05, 0) is 5.56 Å². The van der Waals surface area contributed by atoms with E-state index in [1.807, 2.05) is 30.3 Å². The van der Waals surface area contributed by atoms with Crippen LogP contribution in [-0.4, -0.2) is 9.13 Å². The molecule has 1 aliphatic rings. The van der Waals surface area contributed by atoms with Gasteiger partial charge >= 0.3 is 5.69 Å². The average Bonchev–Trinajstić information content (AvgIpc) is 2.57. The first-order valence-corrected chi connectivity index (χ1v) is 6.99. The fourth-order valence-electron chi connectivity index (χ4n) is 2.88. The van der Waals surface area contributed by atoms with Gasteiger partial charge in [0.05, 0.1) is 23.1 Å². The first-order valence-electron chi connectivity index (χ1n) is 6.99. The number of allylic oxidation sites excluding steroid dienone is 1. The van der Waals surface area contributed by atoms with Gasteiger partial charge in [-0.2, -0.15) is 5.26 Å². The van der Waals surface area contributed by atoms with Crippen molar-refractivity contribution in [1.29, 1.82) is 5.26 Å². The second-order valence-corrected chi connectivity index (χ2v) is 5.38. The SMILES string of the molecule is Cn1c2c(c(=O)n(C)c1=O)[C@H](c1ccccc1)C(C#N)=C(N)N2. The van der Waals surface area contributed by atoms with Crippen LogP contribution in [-0.2, 0) is 14.1 Å². The van der Waals surface area contributed by atoms with Crippen molar-refractivity contribution in [3.63, 3.8) is 0 Å². The summed E-state index contributed by atoms with van der Waals surface area (Å²) in [6.07, 6.45) is 0. The highest BCUT2D eigenvalue weighted by molar-refractivity contribution is 5.64. The zero-order chi connectivity index (χ0) is 16.7. The Labute approximate surface area is 131 Å². The van der Waals surface area contributed by atoms with Crippen LogP contribution in [0, 0.1) is 11.3 Å². The number of nitriles is 1. The molecule has 3 N–H and O–H groups in total. The monoisotopic (exact) mass is 309 g/mol. The third-order valence-corrected chi connectivity index (χ3v) is 4.07. The van der Waals surface area contributed by atoms with E-state index < -0.39 is 17.2 Å². The van der Waals surface area contributed by atoms with Crippen molar-refractivity contribution in [2.24, 2.45) is 19.8 Å². The Bertz CT molecular complexity index is 977. The highest BCUT2D eigenvalue weighted by Crippen LogP contribution is 2.37. The van der Waals surface area contributed by atoms with Gasteiger partial charge in [-0.3, -0.25) is 13.9 Å². The van der Waals surface area contributed by atoms with Gasteiger partial charge in [-0.25, -0.2) is 4.79 Å². The van der Waals surface area contributed by atoms with E-state index in [4.69, 9.17) is 5.73 Å². The lowest BCUT2D eigenvalue weighted by atomic mass is 9.84. The second kappa shape index (κ2) is 5.18. The number of rotatable bonds is 1. The van der Waals surface area contributed by atoms with Crippen LogP contribution in [0.5, 0.6) is 0 Å². The van der Waals surface area contributed by atoms with E-state index >= 15 is 0 Å². The molecule has 23 heavy (non-hydrogen) atoms. The molecule has 2 aromatic rings. The van der Waals surface area contributed by atoms with Crippen LogP contribution in [0.1, 0.15) is 17.0 Å². The molecule has 1 aliphatic heterocycles. The van der Waals surface area contributed by atoms with E-state index in [1.54, 1.807) is 7.05 Å². The Morgan fingerprint density at radius 1 is 1.17 bits per heavy atom. The van der Waals surface area contributed by atoms with Crippen LogP contribution in [0.2, 0.25) is 0 Å². The maximum absolute atomic E-state index is 12.7. The number of nitrogens with one attached hydrogen (secondary N) is 1. The van der Waals surface area contributed by atoms with Gasteiger partial charge in [-0.1, -0.05) is 30.3 Å². The predicted molar refractivity (Wildman–Crippen MR) is 85.7 cm³/mol. The van der Waals surface area contributed by atoms with E-state index in [0.717, 1.165) is 10.1 Å². The summed E-state index contributed by atoms with van der Waals surface area (Å²) in [5.74, 6) is -0.136. The summed E-state index contributed by atoms with van der Waals surface area (Å²) in [6, 6.07) is 11.2. The van der Waals surface area contributed by atoms with Crippen LogP contribution in [0.4, 0.5) is 5.82 Å². The molecule has 0 bridgehead atoms. The Hall–Kier alpha value is -3.27. The van der Waals surface area contributed by atoms with Gasteiger partial charge in [0.15, 0.2) is 0 Å². The Morgan fingerprint density at radius 2 is 1.83 bits per heavy atom. The summed E-state index contributed by atoms with van der Waals surface area (Å²) >= 11 is 0. The van der Waals surface area contributed by atoms with Crippen LogP contribution >= 0.6 is 0 Å². The quantitative estimate of drug-likeness (QED) is 0.790. The predicted octanol–water partition coefficient (Wildman–Crippen LogP) is 0.335. The van der Waals surface area contributed by atoms with E-state index in [9.17, 15) is 14.9 Å². The highest BCUT2D eigenvalue weighted by atomic mass is 16.2. The smallest absolute Gasteiger partial charge is 0.332 e. The number of fused-ring (bicyclic) bond motifs is 1. The average molecular weight is 309 g/mol. The number of hydrogen-bond acceptors (Lipinski definition) is 5. The molecule has 1 aromatic heterocycles. The summed E-state index contributed by atoms with van der Waals surface area (Å²) < 4.78 is 2.36. The van der Waals surface area contributed by atoms with Crippen molar-refractivity contribution >= 4 is 5.82 Å². The third kappa shape index (κ3) is 2.04. The lowest BCUT2D eigenvalue weighted by Gasteiger charge is -2.28. The summed E-state index contributed by atoms with van der Waals surface area (Å²) in [6.45, 7) is 0. The lowest BCUT2D eigenvalue weighted by Crippen LogP contribution is -2.43. The van der Waals surface area contributed by atoms with E-state index in [-0.39, 0.29) is 11.4 Å². The summed E-state index contributed by atoms with van der Waals surface area (Å²) in [7, 11) is 2.97. The van der Waals surface area contributed by atoms with Crippen LogP contribution in [0.3, 0.4) is 0 Å². The van der Waals surface area contributed by atoms with Gasteiger partial charge in [0.25, 0.3) is 5.56 Å². The van der Waals surface area contributed by atoms with Gasteiger partial charge in [0, 0.05) is 14.1 Å². The van der Waals surface area contributed by atoms with Gasteiger partial charge in [0.2, 0.25) is 0 Å². The fraction of sp³-hybridized carbons (Fsp3) is 0.188. The minimum atomic E-state index is -0.608. The van der Waals surface area contributed by atoms with Crippen molar-refractivity contribution in [2.45, 2.75) is 5.92 Å². The molecule has 7 heteroatoms. The molecular formula is C16H15N5O2. The van der Waals surface area contributed by atoms with Crippen molar-refractivity contribution in [3.8, 4) is 6.07 Å². The standard InChI is InChI=1S/C16H15N5O2/c1-20-14-12(15(22)21(2)16(20)23)11(9-6-4-3-5-7-9)10(8-17)13(18)19-14/h3-7,11,19H,18H2,1-2H3/t11-/m1/s1. The van der Waals surface area contributed by atoms with Gasteiger partial charge < -0.3 is 11.1 Å². The molecule has 1 atom stereocenters. The molecule has 0 saturated carbocycles. The number of nitrogens with zero attached hydrogens (tertiary/aromatic N) is 3.